The third-order valence-electron chi connectivity index (χ3n) is 10.9. The van der Waals surface area contributed by atoms with Crippen molar-refractivity contribution >= 4 is 40.9 Å². The monoisotopic (exact) mass is 811 g/mol. The molecule has 1 amide bonds. The van der Waals surface area contributed by atoms with Crippen molar-refractivity contribution in [3.63, 3.8) is 0 Å². The largest absolute Gasteiger partial charge is 0.505 e. The third kappa shape index (κ3) is 8.74. The molecule has 0 fully saturated rings. The lowest BCUT2D eigenvalue weighted by atomic mass is 9.75. The van der Waals surface area contributed by atoms with E-state index in [4.69, 9.17) is 23.7 Å². The van der Waals surface area contributed by atoms with Crippen LogP contribution in [-0.4, -0.2) is 99.1 Å². The van der Waals surface area contributed by atoms with Gasteiger partial charge in [0.2, 0.25) is 6.79 Å². The summed E-state index contributed by atoms with van der Waals surface area (Å²) in [6.45, 7) is 13.4. The van der Waals surface area contributed by atoms with Crippen LogP contribution in [0.5, 0.6) is 11.5 Å². The summed E-state index contributed by atoms with van der Waals surface area (Å²) in [4.78, 5) is 66.1. The van der Waals surface area contributed by atoms with Crippen LogP contribution in [0.4, 0.5) is 5.69 Å². The fraction of sp³-hybridized carbons (Fsp3) is 0.500. The number of aromatic hydroxyl groups is 1. The summed E-state index contributed by atoms with van der Waals surface area (Å²) in [6, 6.07) is 0. The minimum absolute atomic E-state index is 0.00972. The van der Waals surface area contributed by atoms with Crippen molar-refractivity contribution in [2.45, 2.75) is 99.3 Å². The molecule has 316 valence electrons. The highest BCUT2D eigenvalue weighted by Gasteiger charge is 2.49. The van der Waals surface area contributed by atoms with Crippen LogP contribution >= 0.6 is 0 Å². The van der Waals surface area contributed by atoms with Gasteiger partial charge in [0, 0.05) is 53.9 Å². The van der Waals surface area contributed by atoms with Crippen molar-refractivity contribution < 1.29 is 73.2 Å². The molecule has 0 unspecified atom stereocenters. The number of carbonyl (C=O) groups excluding carboxylic acids is 5. The number of carbonyl (C=O) groups is 5. The Bertz CT molecular complexity index is 2040. The molecule has 16 heteroatoms. The number of nitrogens with one attached hydrogen (secondary N) is 1. The number of esters is 3. The van der Waals surface area contributed by atoms with Crippen molar-refractivity contribution in [1.29, 1.82) is 0 Å². The van der Waals surface area contributed by atoms with Crippen LogP contribution in [0.25, 0.3) is 5.57 Å². The molecule has 4 bridgehead atoms. The van der Waals surface area contributed by atoms with Gasteiger partial charge in [-0.05, 0) is 46.3 Å². The normalized spacial score (nSPS) is 32.1. The van der Waals surface area contributed by atoms with Crippen molar-refractivity contribution in [3.8, 4) is 11.5 Å². The maximum Gasteiger partial charge on any atom is 0.315 e. The number of ether oxygens (including phenoxy) is 5. The van der Waals surface area contributed by atoms with Crippen LogP contribution in [-0.2, 0) is 38.1 Å². The number of phenolic OH excluding ortho intramolecular Hbond substituents is 1. The lowest BCUT2D eigenvalue weighted by Gasteiger charge is -2.40. The molecule has 3 aliphatic heterocycles. The molecule has 0 aromatic heterocycles. The molecule has 16 nitrogen and oxygen atoms in total. The summed E-state index contributed by atoms with van der Waals surface area (Å²) in [5.41, 5.74) is -2.49. The van der Waals surface area contributed by atoms with E-state index < -0.39 is 95.8 Å². The van der Waals surface area contributed by atoms with Gasteiger partial charge in [-0.25, -0.2) is 0 Å². The summed E-state index contributed by atoms with van der Waals surface area (Å²) in [6.07, 6.45) is -0.811. The predicted octanol–water partition coefficient (Wildman–Crippen LogP) is 3.68. The Hall–Kier alpha value is -5.29. The lowest BCUT2D eigenvalue weighted by molar-refractivity contribution is -0.181. The molecule has 4 aliphatic rings. The Balaban J connectivity index is 2.10. The first-order valence-corrected chi connectivity index (χ1v) is 18.7. The minimum atomic E-state index is -2.22. The second-order valence-electron chi connectivity index (χ2n) is 15.3. The van der Waals surface area contributed by atoms with Crippen molar-refractivity contribution in [2.24, 2.45) is 23.7 Å². The Kier molecular flexibility index (Phi) is 13.8. The first kappa shape index (κ1) is 45.4. The molecule has 1 aromatic rings. The van der Waals surface area contributed by atoms with E-state index in [1.807, 2.05) is 0 Å². The average Bonchev–Trinajstić information content (AvgIpc) is 3.16. The molecular weight excluding hydrogens is 758 g/mol. The molecule has 1 aliphatic carbocycles. The number of hydrogen-bond acceptors (Lipinski definition) is 15. The number of methoxy groups -OCH3 is 1. The van der Waals surface area contributed by atoms with Crippen LogP contribution in [0.2, 0.25) is 0 Å². The zero-order valence-corrected chi connectivity index (χ0v) is 34.5. The number of hydrogen-bond donors (Lipinski definition) is 6. The Morgan fingerprint density at radius 2 is 1.52 bits per heavy atom. The number of benzene rings is 1. The molecule has 5 rings (SSSR count). The summed E-state index contributed by atoms with van der Waals surface area (Å²) < 4.78 is 28.0. The molecule has 3 heterocycles. The zero-order valence-electron chi connectivity index (χ0n) is 34.5. The maximum absolute atomic E-state index is 14.0. The number of rotatable bonds is 3. The molecule has 1 aromatic carbocycles. The quantitative estimate of drug-likeness (QED) is 0.145. The van der Waals surface area contributed by atoms with Gasteiger partial charge in [-0.15, -0.1) is 0 Å². The Labute approximate surface area is 336 Å². The van der Waals surface area contributed by atoms with E-state index in [2.05, 4.69) is 5.32 Å². The number of aliphatic hydroxyl groups is 4. The number of amides is 1. The SMILES string of the molecule is COC(=O)[C@@H]1[C@H](O)[C@H](C)[C@H](O)[C@@H](C)/C=C\C=C(/C)C(=O)Nc2c(C)c(OC(C)=O)c3c(c2O)C(=O)C(C)=C2OCOC(=C23)/C(C)=C/[C@@](C)(O)[C@H](O)[C@@H](C)[C@H]1OC(C)=O. The van der Waals surface area contributed by atoms with Gasteiger partial charge in [0.25, 0.3) is 5.91 Å². The fourth-order valence-corrected chi connectivity index (χ4v) is 7.63. The lowest BCUT2D eigenvalue weighted by Crippen LogP contribution is -2.54. The molecule has 9 atom stereocenters. The summed E-state index contributed by atoms with van der Waals surface area (Å²) in [5.74, 6) is -9.71. The van der Waals surface area contributed by atoms with Crippen LogP contribution in [0.3, 0.4) is 0 Å². The second-order valence-corrected chi connectivity index (χ2v) is 15.3. The van der Waals surface area contributed by atoms with Crippen LogP contribution in [0.1, 0.15) is 83.8 Å². The summed E-state index contributed by atoms with van der Waals surface area (Å²) >= 11 is 0. The van der Waals surface area contributed by atoms with E-state index >= 15 is 0 Å². The summed E-state index contributed by atoms with van der Waals surface area (Å²) in [5, 5.41) is 61.2. The van der Waals surface area contributed by atoms with Crippen molar-refractivity contribution in [2.75, 3.05) is 19.2 Å². The van der Waals surface area contributed by atoms with E-state index in [0.29, 0.717) is 0 Å². The van der Waals surface area contributed by atoms with E-state index in [-0.39, 0.29) is 61.9 Å². The van der Waals surface area contributed by atoms with Gasteiger partial charge in [0.05, 0.1) is 42.2 Å². The van der Waals surface area contributed by atoms with Gasteiger partial charge in [0.15, 0.2) is 11.5 Å². The van der Waals surface area contributed by atoms with E-state index in [1.54, 1.807) is 13.0 Å². The van der Waals surface area contributed by atoms with Crippen LogP contribution < -0.4 is 10.1 Å². The van der Waals surface area contributed by atoms with Gasteiger partial charge in [-0.2, -0.15) is 0 Å². The summed E-state index contributed by atoms with van der Waals surface area (Å²) in [7, 11) is 1.06. The average molecular weight is 812 g/mol. The predicted molar refractivity (Wildman–Crippen MR) is 208 cm³/mol. The first-order valence-electron chi connectivity index (χ1n) is 18.7. The highest BCUT2D eigenvalue weighted by Crippen LogP contribution is 2.53. The van der Waals surface area contributed by atoms with E-state index in [1.165, 1.54) is 66.7 Å². The number of fused-ring (bicyclic) bond motifs is 14. The van der Waals surface area contributed by atoms with Gasteiger partial charge in [-0.3, -0.25) is 24.0 Å². The second kappa shape index (κ2) is 17.7. The molecule has 0 saturated heterocycles. The van der Waals surface area contributed by atoms with Crippen LogP contribution in [0.15, 0.2) is 52.5 Å². The zero-order chi connectivity index (χ0) is 43.7. The molecule has 58 heavy (non-hydrogen) atoms. The molecule has 0 spiro atoms. The highest BCUT2D eigenvalue weighted by atomic mass is 16.7. The van der Waals surface area contributed by atoms with Gasteiger partial charge < -0.3 is 54.5 Å². The molecule has 6 N–H and O–H groups in total. The first-order chi connectivity index (χ1) is 27.0. The van der Waals surface area contributed by atoms with Crippen molar-refractivity contribution in [3.05, 3.63) is 69.2 Å². The number of anilines is 1. The van der Waals surface area contributed by atoms with Crippen molar-refractivity contribution in [1.82, 2.24) is 0 Å². The number of allylic oxidation sites excluding steroid dienone is 5. The Morgan fingerprint density at radius 3 is 2.10 bits per heavy atom. The van der Waals surface area contributed by atoms with Gasteiger partial charge >= 0.3 is 17.9 Å². The smallest absolute Gasteiger partial charge is 0.315 e. The molecular formula is C42H53NO15. The standard InChI is InChI=1S/C42H53NO15/c1-17-13-12-14-18(2)40(51)43-30-20(4)37(57-24(8)44)26-27(34(30)49)33(48)22(6)36-28(26)35(55-16-56-36)19(3)15-42(10,53)39(50)23(7)38(58-25(9)45)29(41(52)54-11)32(47)21(5)31(17)46/h12-15,17,21,23,29,31-32,38-39,46-47,49-50,53H,16H2,1-11H3,(H,43,51)/b13-12-,18-14+,19-15+/t17-,21+,23-,29+,31+,32+,38+,39+,42+/m0/s1. The topological polar surface area (TPSA) is 245 Å². The number of ketones is 1. The van der Waals surface area contributed by atoms with E-state index in [9.17, 15) is 49.5 Å². The van der Waals surface area contributed by atoms with Crippen LogP contribution in [0, 0.1) is 30.6 Å². The number of phenols is 1. The van der Waals surface area contributed by atoms with Gasteiger partial charge in [-0.1, -0.05) is 39.0 Å². The molecule has 0 radical (unpaired) electrons. The number of aliphatic hydroxyl groups excluding tert-OH is 3. The minimum Gasteiger partial charge on any atom is -0.505 e. The molecule has 0 saturated carbocycles. The fourth-order valence-electron chi connectivity index (χ4n) is 7.63. The van der Waals surface area contributed by atoms with E-state index in [0.717, 1.165) is 21.0 Å². The third-order valence-corrected chi connectivity index (χ3v) is 10.9. The van der Waals surface area contributed by atoms with Gasteiger partial charge in [0.1, 0.15) is 34.9 Å². The number of Topliss-reactive ketones (excluding diaryl/α,β-unsaturated/α-hetero) is 1. The Morgan fingerprint density at radius 1 is 0.897 bits per heavy atom. The highest BCUT2D eigenvalue weighted by molar-refractivity contribution is 6.21. The maximum atomic E-state index is 14.0.